The number of fused-ring (bicyclic) bond motifs is 1. The Hall–Kier alpha value is -1.06. The van der Waals surface area contributed by atoms with Crippen LogP contribution in [-0.4, -0.2) is 30.4 Å². The maximum atomic E-state index is 10.4. The third-order valence-corrected chi connectivity index (χ3v) is 4.68. The van der Waals surface area contributed by atoms with E-state index >= 15 is 0 Å². The molecule has 2 rings (SSSR count). The fourth-order valence-corrected chi connectivity index (χ4v) is 2.87. The molecule has 3 heteroatoms. The quantitative estimate of drug-likeness (QED) is 0.840. The maximum absolute atomic E-state index is 10.4. The summed E-state index contributed by atoms with van der Waals surface area (Å²) < 4.78 is 5.30. The number of methoxy groups -OCH3 is 1. The van der Waals surface area contributed by atoms with E-state index in [1.807, 2.05) is 19.9 Å². The average Bonchev–Trinajstić information content (AvgIpc) is 2.51. The van der Waals surface area contributed by atoms with E-state index in [1.165, 1.54) is 11.1 Å². The summed E-state index contributed by atoms with van der Waals surface area (Å²) in [5.41, 5.74) is 2.25. The maximum Gasteiger partial charge on any atom is 0.119 e. The molecule has 0 bridgehead atoms. The molecule has 0 aromatic heterocycles. The zero-order valence-electron chi connectivity index (χ0n) is 12.9. The predicted octanol–water partition coefficient (Wildman–Crippen LogP) is 2.69. The topological polar surface area (TPSA) is 41.5 Å². The van der Waals surface area contributed by atoms with Gasteiger partial charge in [0, 0.05) is 12.6 Å². The molecule has 0 saturated heterocycles. The predicted molar refractivity (Wildman–Crippen MR) is 82.3 cm³/mol. The number of hydrogen-bond acceptors (Lipinski definition) is 3. The normalized spacial score (nSPS) is 18.7. The van der Waals surface area contributed by atoms with Crippen LogP contribution in [0.4, 0.5) is 0 Å². The first-order valence-corrected chi connectivity index (χ1v) is 7.71. The van der Waals surface area contributed by atoms with Gasteiger partial charge in [-0.3, -0.25) is 0 Å². The van der Waals surface area contributed by atoms with Gasteiger partial charge in [0.1, 0.15) is 5.75 Å². The van der Waals surface area contributed by atoms with E-state index in [-0.39, 0.29) is 0 Å². The molecule has 0 fully saturated rings. The number of ether oxygens (including phenoxy) is 1. The first kappa shape index (κ1) is 15.3. The van der Waals surface area contributed by atoms with Gasteiger partial charge in [-0.25, -0.2) is 0 Å². The summed E-state index contributed by atoms with van der Waals surface area (Å²) >= 11 is 0. The Labute approximate surface area is 122 Å². The fourth-order valence-electron chi connectivity index (χ4n) is 2.87. The molecule has 20 heavy (non-hydrogen) atoms. The van der Waals surface area contributed by atoms with Crippen LogP contribution >= 0.6 is 0 Å². The van der Waals surface area contributed by atoms with Crippen LogP contribution in [0.15, 0.2) is 18.2 Å². The number of aliphatic hydroxyl groups is 1. The molecular formula is C17H27NO2. The van der Waals surface area contributed by atoms with E-state index in [4.69, 9.17) is 4.74 Å². The summed E-state index contributed by atoms with van der Waals surface area (Å²) in [6, 6.07) is 6.83. The van der Waals surface area contributed by atoms with Gasteiger partial charge in [0.2, 0.25) is 0 Å². The lowest BCUT2D eigenvalue weighted by molar-refractivity contribution is 0.0294. The van der Waals surface area contributed by atoms with Crippen molar-refractivity contribution in [2.24, 2.45) is 0 Å². The molecule has 0 saturated carbocycles. The summed E-state index contributed by atoms with van der Waals surface area (Å²) in [5, 5.41) is 13.9. The molecule has 1 atom stereocenters. The molecule has 0 spiro atoms. The van der Waals surface area contributed by atoms with Crippen molar-refractivity contribution < 1.29 is 9.84 Å². The van der Waals surface area contributed by atoms with E-state index in [1.54, 1.807) is 7.11 Å². The largest absolute Gasteiger partial charge is 0.497 e. The number of rotatable bonds is 6. The van der Waals surface area contributed by atoms with Crippen molar-refractivity contribution in [2.45, 2.75) is 57.6 Å². The van der Waals surface area contributed by atoms with E-state index in [0.717, 1.165) is 37.9 Å². The molecule has 0 radical (unpaired) electrons. The van der Waals surface area contributed by atoms with Crippen LogP contribution in [0.5, 0.6) is 5.75 Å². The van der Waals surface area contributed by atoms with E-state index in [2.05, 4.69) is 17.4 Å². The number of nitrogens with one attached hydrogen (secondary N) is 1. The van der Waals surface area contributed by atoms with Gasteiger partial charge in [0.05, 0.1) is 12.7 Å². The molecule has 1 aliphatic rings. The second-order valence-electron chi connectivity index (χ2n) is 5.89. The van der Waals surface area contributed by atoms with E-state index in [0.29, 0.717) is 12.6 Å². The molecule has 112 valence electrons. The number of benzene rings is 1. The Morgan fingerprint density at radius 3 is 2.70 bits per heavy atom. The number of hydrogen-bond donors (Lipinski definition) is 2. The highest BCUT2D eigenvalue weighted by Gasteiger charge is 2.25. The molecule has 1 aromatic rings. The molecular weight excluding hydrogens is 250 g/mol. The minimum Gasteiger partial charge on any atom is -0.497 e. The van der Waals surface area contributed by atoms with Gasteiger partial charge in [-0.2, -0.15) is 0 Å². The van der Waals surface area contributed by atoms with Gasteiger partial charge in [0.25, 0.3) is 0 Å². The molecule has 0 amide bonds. The second-order valence-corrected chi connectivity index (χ2v) is 5.89. The van der Waals surface area contributed by atoms with Crippen LogP contribution in [0.1, 0.15) is 44.2 Å². The van der Waals surface area contributed by atoms with Gasteiger partial charge in [-0.15, -0.1) is 0 Å². The Kier molecular flexibility index (Phi) is 5.06. The van der Waals surface area contributed by atoms with Gasteiger partial charge in [-0.05, 0) is 55.4 Å². The lowest BCUT2D eigenvalue weighted by Gasteiger charge is -2.31. The minimum atomic E-state index is -0.561. The Balaban J connectivity index is 1.97. The van der Waals surface area contributed by atoms with Crippen molar-refractivity contribution in [1.82, 2.24) is 5.32 Å². The van der Waals surface area contributed by atoms with Gasteiger partial charge < -0.3 is 15.2 Å². The van der Waals surface area contributed by atoms with Gasteiger partial charge in [-0.1, -0.05) is 19.9 Å². The highest BCUT2D eigenvalue weighted by atomic mass is 16.5. The van der Waals surface area contributed by atoms with Crippen molar-refractivity contribution in [3.63, 3.8) is 0 Å². The van der Waals surface area contributed by atoms with Crippen LogP contribution in [-0.2, 0) is 12.8 Å². The lowest BCUT2D eigenvalue weighted by atomic mass is 9.87. The third-order valence-electron chi connectivity index (χ3n) is 4.68. The average molecular weight is 277 g/mol. The standard InChI is InChI=1S/C17H27NO2/c1-4-17(19,5-2)12-18-15-8-6-13-7-9-16(20-3)11-14(13)10-15/h7,9,11,15,18-19H,4-6,8,10,12H2,1-3H3. The lowest BCUT2D eigenvalue weighted by Crippen LogP contribution is -2.45. The Morgan fingerprint density at radius 1 is 1.30 bits per heavy atom. The van der Waals surface area contributed by atoms with Crippen LogP contribution in [0.3, 0.4) is 0 Å². The monoisotopic (exact) mass is 277 g/mol. The number of aryl methyl sites for hydroxylation is 1. The molecule has 1 aliphatic carbocycles. The van der Waals surface area contributed by atoms with Crippen LogP contribution in [0.25, 0.3) is 0 Å². The highest BCUT2D eigenvalue weighted by molar-refractivity contribution is 5.37. The summed E-state index contributed by atoms with van der Waals surface area (Å²) in [5.74, 6) is 0.933. The van der Waals surface area contributed by atoms with Crippen LogP contribution in [0, 0.1) is 0 Å². The Morgan fingerprint density at radius 2 is 2.05 bits per heavy atom. The van der Waals surface area contributed by atoms with Gasteiger partial charge in [0.15, 0.2) is 0 Å². The second kappa shape index (κ2) is 6.59. The molecule has 3 nitrogen and oxygen atoms in total. The molecule has 1 aromatic carbocycles. The minimum absolute atomic E-state index is 0.458. The third kappa shape index (κ3) is 3.53. The van der Waals surface area contributed by atoms with Crippen LogP contribution in [0.2, 0.25) is 0 Å². The first-order valence-electron chi connectivity index (χ1n) is 7.71. The van der Waals surface area contributed by atoms with Gasteiger partial charge >= 0.3 is 0 Å². The summed E-state index contributed by atoms with van der Waals surface area (Å²) in [4.78, 5) is 0. The zero-order chi connectivity index (χ0) is 14.6. The summed E-state index contributed by atoms with van der Waals surface area (Å²) in [7, 11) is 1.71. The van der Waals surface area contributed by atoms with Crippen molar-refractivity contribution in [2.75, 3.05) is 13.7 Å². The van der Waals surface area contributed by atoms with E-state index in [9.17, 15) is 5.11 Å². The van der Waals surface area contributed by atoms with Crippen molar-refractivity contribution in [1.29, 1.82) is 0 Å². The SMILES string of the molecule is CCC(O)(CC)CNC1CCc2ccc(OC)cc2C1. The first-order chi connectivity index (χ1) is 9.60. The summed E-state index contributed by atoms with van der Waals surface area (Å²) in [6.45, 7) is 4.78. The van der Waals surface area contributed by atoms with Crippen molar-refractivity contribution in [3.05, 3.63) is 29.3 Å². The molecule has 2 N–H and O–H groups in total. The van der Waals surface area contributed by atoms with E-state index < -0.39 is 5.60 Å². The summed E-state index contributed by atoms with van der Waals surface area (Å²) in [6.07, 6.45) is 4.87. The van der Waals surface area contributed by atoms with Crippen molar-refractivity contribution in [3.8, 4) is 5.75 Å². The molecule has 1 unspecified atom stereocenters. The molecule has 0 aliphatic heterocycles. The smallest absolute Gasteiger partial charge is 0.119 e. The fraction of sp³-hybridized carbons (Fsp3) is 0.647. The highest BCUT2D eigenvalue weighted by Crippen LogP contribution is 2.26. The molecule has 0 heterocycles. The Bertz CT molecular complexity index is 441. The van der Waals surface area contributed by atoms with Crippen LogP contribution < -0.4 is 10.1 Å². The zero-order valence-corrected chi connectivity index (χ0v) is 12.9. The van der Waals surface area contributed by atoms with Crippen molar-refractivity contribution >= 4 is 0 Å².